The van der Waals surface area contributed by atoms with Crippen LogP contribution in [0.25, 0.3) is 11.2 Å². The Morgan fingerprint density at radius 1 is 1.30 bits per heavy atom. The molecule has 1 aliphatic rings. The maximum Gasteiger partial charge on any atom is 0.270 e. The van der Waals surface area contributed by atoms with Crippen LogP contribution in [0.3, 0.4) is 0 Å². The summed E-state index contributed by atoms with van der Waals surface area (Å²) in [6, 6.07) is 3.87. The van der Waals surface area contributed by atoms with Gasteiger partial charge < -0.3 is 10.8 Å². The van der Waals surface area contributed by atoms with E-state index in [4.69, 9.17) is 5.73 Å². The molecule has 0 aliphatic heterocycles. The molecule has 0 radical (unpaired) electrons. The minimum absolute atomic E-state index is 0.120. The highest BCUT2D eigenvalue weighted by Crippen LogP contribution is 2.28. The predicted molar refractivity (Wildman–Crippen MR) is 75.2 cm³/mol. The molecule has 0 spiro atoms. The van der Waals surface area contributed by atoms with Crippen molar-refractivity contribution in [3.8, 4) is 0 Å². The minimum atomic E-state index is -0.144. The molecule has 0 unspecified atom stereocenters. The Morgan fingerprint density at radius 3 is 2.75 bits per heavy atom. The van der Waals surface area contributed by atoms with Gasteiger partial charge in [0.05, 0.1) is 18.5 Å². The van der Waals surface area contributed by atoms with E-state index in [0.717, 1.165) is 25.7 Å². The standard InChI is InChI=1S/C14H18N4O2/c15-9-1-4-11(5-2-9)18-13(20)7-16-12-6-3-10(8-19)17-14(12)18/h3,6-7,9,11,19H,1-2,4-5,8,15H2. The molecule has 0 bridgehead atoms. The molecule has 0 saturated heterocycles. The molecule has 3 N–H and O–H groups in total. The van der Waals surface area contributed by atoms with Crippen LogP contribution in [0.5, 0.6) is 0 Å². The fourth-order valence-corrected chi connectivity index (χ4v) is 2.85. The lowest BCUT2D eigenvalue weighted by Crippen LogP contribution is -2.33. The van der Waals surface area contributed by atoms with Crippen LogP contribution in [0.1, 0.15) is 37.4 Å². The van der Waals surface area contributed by atoms with Gasteiger partial charge in [-0.3, -0.25) is 9.36 Å². The number of aliphatic hydroxyl groups excluding tert-OH is 1. The SMILES string of the molecule is NC1CCC(n2c(=O)cnc3ccc(CO)nc32)CC1. The normalized spacial score (nSPS) is 23.1. The van der Waals surface area contributed by atoms with Gasteiger partial charge in [0.2, 0.25) is 0 Å². The zero-order valence-corrected chi connectivity index (χ0v) is 11.2. The molecule has 0 aromatic carbocycles. The number of nitrogens with zero attached hydrogens (tertiary/aromatic N) is 3. The van der Waals surface area contributed by atoms with Crippen LogP contribution in [0.4, 0.5) is 0 Å². The zero-order chi connectivity index (χ0) is 14.1. The number of nitrogens with two attached hydrogens (primary N) is 1. The summed E-state index contributed by atoms with van der Waals surface area (Å²) in [5.41, 5.74) is 7.57. The van der Waals surface area contributed by atoms with E-state index in [2.05, 4.69) is 9.97 Å². The van der Waals surface area contributed by atoms with Crippen molar-refractivity contribution in [2.75, 3.05) is 0 Å². The summed E-state index contributed by atoms with van der Waals surface area (Å²) in [6.07, 6.45) is 4.94. The molecule has 2 aromatic heterocycles. The minimum Gasteiger partial charge on any atom is -0.390 e. The van der Waals surface area contributed by atoms with Crippen molar-refractivity contribution in [2.45, 2.75) is 44.4 Å². The third kappa shape index (κ3) is 2.32. The Morgan fingerprint density at radius 2 is 2.05 bits per heavy atom. The highest BCUT2D eigenvalue weighted by molar-refractivity contribution is 5.70. The molecular weight excluding hydrogens is 256 g/mol. The summed E-state index contributed by atoms with van der Waals surface area (Å²) in [6.45, 7) is -0.144. The van der Waals surface area contributed by atoms with Crippen LogP contribution in [0.2, 0.25) is 0 Å². The Balaban J connectivity index is 2.12. The molecule has 6 nitrogen and oxygen atoms in total. The van der Waals surface area contributed by atoms with E-state index in [1.807, 2.05) is 0 Å². The van der Waals surface area contributed by atoms with Gasteiger partial charge in [-0.2, -0.15) is 0 Å². The molecular formula is C14H18N4O2. The second-order valence-corrected chi connectivity index (χ2v) is 5.34. The molecule has 106 valence electrons. The van der Waals surface area contributed by atoms with Crippen LogP contribution in [-0.2, 0) is 6.61 Å². The lowest BCUT2D eigenvalue weighted by atomic mass is 9.91. The summed E-state index contributed by atoms with van der Waals surface area (Å²) in [7, 11) is 0. The average Bonchev–Trinajstić information content (AvgIpc) is 2.48. The molecule has 1 saturated carbocycles. The molecule has 1 aliphatic carbocycles. The maximum atomic E-state index is 12.2. The number of aliphatic hydroxyl groups is 1. The van der Waals surface area contributed by atoms with Crippen molar-refractivity contribution in [1.82, 2.24) is 14.5 Å². The van der Waals surface area contributed by atoms with Crippen molar-refractivity contribution in [2.24, 2.45) is 5.73 Å². The van der Waals surface area contributed by atoms with Crippen LogP contribution >= 0.6 is 0 Å². The number of aromatic nitrogens is 3. The van der Waals surface area contributed by atoms with Gasteiger partial charge >= 0.3 is 0 Å². The van der Waals surface area contributed by atoms with Crippen LogP contribution in [0.15, 0.2) is 23.1 Å². The van der Waals surface area contributed by atoms with Crippen molar-refractivity contribution in [3.63, 3.8) is 0 Å². The van der Waals surface area contributed by atoms with E-state index >= 15 is 0 Å². The first-order valence-electron chi connectivity index (χ1n) is 6.92. The predicted octanol–water partition coefficient (Wildman–Crippen LogP) is 0.726. The Bertz CT molecular complexity index is 674. The summed E-state index contributed by atoms with van der Waals surface area (Å²) >= 11 is 0. The second kappa shape index (κ2) is 5.30. The van der Waals surface area contributed by atoms with Crippen molar-refractivity contribution < 1.29 is 5.11 Å². The van der Waals surface area contributed by atoms with Gasteiger partial charge in [-0.15, -0.1) is 0 Å². The zero-order valence-electron chi connectivity index (χ0n) is 11.2. The number of hydrogen-bond donors (Lipinski definition) is 2. The largest absolute Gasteiger partial charge is 0.390 e. The Kier molecular flexibility index (Phi) is 3.50. The molecule has 20 heavy (non-hydrogen) atoms. The van der Waals surface area contributed by atoms with E-state index < -0.39 is 0 Å². The topological polar surface area (TPSA) is 94.0 Å². The summed E-state index contributed by atoms with van der Waals surface area (Å²) < 4.78 is 1.72. The maximum absolute atomic E-state index is 12.2. The fraction of sp³-hybridized carbons (Fsp3) is 0.500. The van der Waals surface area contributed by atoms with Crippen LogP contribution < -0.4 is 11.3 Å². The summed E-state index contributed by atoms with van der Waals surface area (Å²) in [5.74, 6) is 0. The highest BCUT2D eigenvalue weighted by Gasteiger charge is 2.22. The lowest BCUT2D eigenvalue weighted by molar-refractivity contribution is 0.276. The van der Waals surface area contributed by atoms with Gasteiger partial charge in [0, 0.05) is 12.1 Å². The van der Waals surface area contributed by atoms with Crippen molar-refractivity contribution in [3.05, 3.63) is 34.4 Å². The van der Waals surface area contributed by atoms with Gasteiger partial charge in [-0.25, -0.2) is 9.97 Å². The first-order chi connectivity index (χ1) is 9.69. The average molecular weight is 274 g/mol. The van der Waals surface area contributed by atoms with Gasteiger partial charge in [0.1, 0.15) is 5.52 Å². The Labute approximate surface area is 116 Å². The molecule has 6 heteroatoms. The number of fused-ring (bicyclic) bond motifs is 1. The van der Waals surface area contributed by atoms with E-state index in [-0.39, 0.29) is 24.2 Å². The quantitative estimate of drug-likeness (QED) is 0.841. The van der Waals surface area contributed by atoms with Gasteiger partial charge in [0.25, 0.3) is 5.56 Å². The summed E-state index contributed by atoms with van der Waals surface area (Å²) in [4.78, 5) is 20.7. The molecule has 3 rings (SSSR count). The van der Waals surface area contributed by atoms with Gasteiger partial charge in [-0.1, -0.05) is 0 Å². The molecule has 0 amide bonds. The number of rotatable bonds is 2. The first-order valence-corrected chi connectivity index (χ1v) is 6.92. The van der Waals surface area contributed by atoms with Crippen molar-refractivity contribution in [1.29, 1.82) is 0 Å². The monoisotopic (exact) mass is 274 g/mol. The molecule has 1 fully saturated rings. The Hall–Kier alpha value is -1.79. The highest BCUT2D eigenvalue weighted by atomic mass is 16.3. The number of pyridine rings is 1. The van der Waals surface area contributed by atoms with E-state index in [1.54, 1.807) is 16.7 Å². The van der Waals surface area contributed by atoms with Gasteiger partial charge in [0.15, 0.2) is 5.65 Å². The van der Waals surface area contributed by atoms with E-state index in [9.17, 15) is 9.90 Å². The van der Waals surface area contributed by atoms with Crippen LogP contribution in [0, 0.1) is 0 Å². The lowest BCUT2D eigenvalue weighted by Gasteiger charge is -2.28. The van der Waals surface area contributed by atoms with Gasteiger partial charge in [-0.05, 0) is 37.8 Å². The third-order valence-corrected chi connectivity index (χ3v) is 3.96. The molecule has 2 aromatic rings. The first kappa shape index (κ1) is 13.2. The molecule has 0 atom stereocenters. The summed E-state index contributed by atoms with van der Waals surface area (Å²) in [5, 5.41) is 9.22. The van der Waals surface area contributed by atoms with E-state index in [1.165, 1.54) is 6.20 Å². The number of hydrogen-bond acceptors (Lipinski definition) is 5. The van der Waals surface area contributed by atoms with Crippen molar-refractivity contribution >= 4 is 11.2 Å². The fourth-order valence-electron chi connectivity index (χ4n) is 2.85. The molecule has 2 heterocycles. The van der Waals surface area contributed by atoms with Crippen LogP contribution in [-0.4, -0.2) is 25.7 Å². The second-order valence-electron chi connectivity index (χ2n) is 5.34. The van der Waals surface area contributed by atoms with E-state index in [0.29, 0.717) is 16.9 Å². The smallest absolute Gasteiger partial charge is 0.270 e. The third-order valence-electron chi connectivity index (χ3n) is 3.96.